The van der Waals surface area contributed by atoms with Gasteiger partial charge in [-0.25, -0.2) is 4.99 Å². The molecule has 0 atom stereocenters. The summed E-state index contributed by atoms with van der Waals surface area (Å²) in [6.07, 6.45) is 3.39. The molecule has 0 bridgehead atoms. The van der Waals surface area contributed by atoms with Gasteiger partial charge in [-0.05, 0) is 26.0 Å². The largest absolute Gasteiger partial charge is 0.490 e. The molecule has 1 rings (SSSR count). The van der Waals surface area contributed by atoms with Crippen LogP contribution in [0.25, 0.3) is 0 Å². The summed E-state index contributed by atoms with van der Waals surface area (Å²) in [5.74, 6) is 1.33. The molecule has 0 saturated heterocycles. The van der Waals surface area contributed by atoms with E-state index in [1.54, 1.807) is 12.4 Å². The zero-order valence-corrected chi connectivity index (χ0v) is 13.2. The van der Waals surface area contributed by atoms with Crippen molar-refractivity contribution in [2.45, 2.75) is 13.8 Å². The zero-order valence-electron chi connectivity index (χ0n) is 10.9. The summed E-state index contributed by atoms with van der Waals surface area (Å²) in [5.41, 5.74) is 5.83. The van der Waals surface area contributed by atoms with E-state index in [1.807, 2.05) is 17.0 Å². The lowest BCUT2D eigenvalue weighted by molar-refractivity contribution is 0.326. The van der Waals surface area contributed by atoms with E-state index in [1.165, 1.54) is 0 Å². The summed E-state index contributed by atoms with van der Waals surface area (Å²) in [6, 6.07) is 3.70. The van der Waals surface area contributed by atoms with Crippen LogP contribution in [0, 0.1) is 0 Å². The minimum atomic E-state index is 0. The average molecular weight is 364 g/mol. The Bertz CT molecular complexity index is 341. The summed E-state index contributed by atoms with van der Waals surface area (Å²) in [7, 11) is 0. The molecule has 0 spiro atoms. The van der Waals surface area contributed by atoms with Gasteiger partial charge in [-0.2, -0.15) is 0 Å². The van der Waals surface area contributed by atoms with E-state index in [9.17, 15) is 0 Å². The average Bonchev–Trinajstić information content (AvgIpc) is 2.37. The molecule has 1 aromatic heterocycles. The molecule has 0 aliphatic rings. The second-order valence-electron chi connectivity index (χ2n) is 3.45. The van der Waals surface area contributed by atoms with Gasteiger partial charge in [-0.15, -0.1) is 24.0 Å². The smallest absolute Gasteiger partial charge is 0.191 e. The predicted octanol–water partition coefficient (Wildman–Crippen LogP) is 1.73. The Labute approximate surface area is 125 Å². The number of rotatable bonds is 6. The normalized spacial score (nSPS) is 10.7. The first kappa shape index (κ1) is 16.9. The predicted molar refractivity (Wildman–Crippen MR) is 84.6 cm³/mol. The molecule has 0 amide bonds. The highest BCUT2D eigenvalue weighted by molar-refractivity contribution is 14.0. The number of hydrogen-bond acceptors (Lipinski definition) is 3. The number of pyridine rings is 1. The van der Waals surface area contributed by atoms with Crippen LogP contribution in [0.4, 0.5) is 0 Å². The molecule has 0 aliphatic heterocycles. The lowest BCUT2D eigenvalue weighted by Crippen LogP contribution is -2.37. The standard InChI is InChI=1S/C12H20N4O.HI/c1-3-16(4-2)12(13)15-8-9-17-11-6-5-7-14-10-11;/h5-7,10H,3-4,8-9H2,1-2H3,(H2,13,15);1H. The van der Waals surface area contributed by atoms with Crippen LogP contribution in [-0.2, 0) is 0 Å². The molecular weight excluding hydrogens is 343 g/mol. The Morgan fingerprint density at radius 2 is 2.17 bits per heavy atom. The molecule has 0 saturated carbocycles. The van der Waals surface area contributed by atoms with E-state index >= 15 is 0 Å². The highest BCUT2D eigenvalue weighted by atomic mass is 127. The summed E-state index contributed by atoms with van der Waals surface area (Å²) >= 11 is 0. The Morgan fingerprint density at radius 1 is 1.44 bits per heavy atom. The molecule has 6 heteroatoms. The topological polar surface area (TPSA) is 63.7 Å². The van der Waals surface area contributed by atoms with Gasteiger partial charge in [0, 0.05) is 19.3 Å². The quantitative estimate of drug-likeness (QED) is 0.362. The van der Waals surface area contributed by atoms with E-state index in [-0.39, 0.29) is 24.0 Å². The number of aromatic nitrogens is 1. The van der Waals surface area contributed by atoms with Crippen LogP contribution in [0.5, 0.6) is 5.75 Å². The fourth-order valence-corrected chi connectivity index (χ4v) is 1.40. The van der Waals surface area contributed by atoms with E-state index in [4.69, 9.17) is 10.5 Å². The van der Waals surface area contributed by atoms with Crippen molar-refractivity contribution in [3.05, 3.63) is 24.5 Å². The first-order valence-electron chi connectivity index (χ1n) is 5.85. The Kier molecular flexibility index (Phi) is 9.35. The molecule has 1 aromatic rings. The molecule has 2 N–H and O–H groups in total. The van der Waals surface area contributed by atoms with Crippen LogP contribution < -0.4 is 10.5 Å². The van der Waals surface area contributed by atoms with Crippen LogP contribution >= 0.6 is 24.0 Å². The van der Waals surface area contributed by atoms with Gasteiger partial charge in [-0.3, -0.25) is 4.98 Å². The van der Waals surface area contributed by atoms with Crippen molar-refractivity contribution in [2.24, 2.45) is 10.7 Å². The molecular formula is C12H21IN4O. The van der Waals surface area contributed by atoms with Crippen molar-refractivity contribution < 1.29 is 4.74 Å². The number of halogens is 1. The summed E-state index contributed by atoms with van der Waals surface area (Å²) in [4.78, 5) is 10.2. The Hall–Kier alpha value is -1.05. The maximum atomic E-state index is 5.83. The summed E-state index contributed by atoms with van der Waals surface area (Å²) in [6.45, 7) is 6.91. The van der Waals surface area contributed by atoms with Gasteiger partial charge in [0.1, 0.15) is 12.4 Å². The fourth-order valence-electron chi connectivity index (χ4n) is 1.40. The van der Waals surface area contributed by atoms with Crippen molar-refractivity contribution in [2.75, 3.05) is 26.2 Å². The maximum absolute atomic E-state index is 5.83. The SMILES string of the molecule is CCN(CC)C(N)=NCCOc1cccnc1.I. The number of hydrogen-bond donors (Lipinski definition) is 1. The maximum Gasteiger partial charge on any atom is 0.191 e. The number of aliphatic imine (C=N–C) groups is 1. The van der Waals surface area contributed by atoms with E-state index in [0.717, 1.165) is 18.8 Å². The van der Waals surface area contributed by atoms with Gasteiger partial charge in [0.25, 0.3) is 0 Å². The lowest BCUT2D eigenvalue weighted by Gasteiger charge is -2.19. The second kappa shape index (κ2) is 9.93. The third-order valence-corrected chi connectivity index (χ3v) is 2.36. The second-order valence-corrected chi connectivity index (χ2v) is 3.45. The molecule has 0 aromatic carbocycles. The minimum Gasteiger partial charge on any atom is -0.490 e. The molecule has 5 nitrogen and oxygen atoms in total. The van der Waals surface area contributed by atoms with Crippen molar-refractivity contribution in [1.29, 1.82) is 0 Å². The number of nitrogens with zero attached hydrogens (tertiary/aromatic N) is 3. The molecule has 102 valence electrons. The lowest BCUT2D eigenvalue weighted by atomic mass is 10.5. The van der Waals surface area contributed by atoms with Crippen LogP contribution in [0.2, 0.25) is 0 Å². The summed E-state index contributed by atoms with van der Waals surface area (Å²) in [5, 5.41) is 0. The molecule has 0 unspecified atom stereocenters. The summed E-state index contributed by atoms with van der Waals surface area (Å²) < 4.78 is 5.46. The van der Waals surface area contributed by atoms with E-state index in [2.05, 4.69) is 23.8 Å². The third kappa shape index (κ3) is 6.04. The van der Waals surface area contributed by atoms with Gasteiger partial charge in [0.15, 0.2) is 5.96 Å². The highest BCUT2D eigenvalue weighted by Crippen LogP contribution is 2.05. The number of guanidine groups is 1. The van der Waals surface area contributed by atoms with E-state index < -0.39 is 0 Å². The fraction of sp³-hybridized carbons (Fsp3) is 0.500. The highest BCUT2D eigenvalue weighted by Gasteiger charge is 2.00. The van der Waals surface area contributed by atoms with Gasteiger partial charge in [0.2, 0.25) is 0 Å². The van der Waals surface area contributed by atoms with Gasteiger partial charge in [-0.1, -0.05) is 0 Å². The van der Waals surface area contributed by atoms with Crippen LogP contribution in [0.1, 0.15) is 13.8 Å². The molecule has 0 aliphatic carbocycles. The van der Waals surface area contributed by atoms with Gasteiger partial charge in [0.05, 0.1) is 12.7 Å². The van der Waals surface area contributed by atoms with Gasteiger partial charge >= 0.3 is 0 Å². The van der Waals surface area contributed by atoms with Gasteiger partial charge < -0.3 is 15.4 Å². The molecule has 18 heavy (non-hydrogen) atoms. The van der Waals surface area contributed by atoms with Crippen molar-refractivity contribution in [3.63, 3.8) is 0 Å². The minimum absolute atomic E-state index is 0. The Balaban J connectivity index is 0.00000289. The number of ether oxygens (including phenoxy) is 1. The zero-order chi connectivity index (χ0) is 12.5. The number of nitrogens with two attached hydrogens (primary N) is 1. The van der Waals surface area contributed by atoms with Crippen molar-refractivity contribution in [3.8, 4) is 5.75 Å². The Morgan fingerprint density at radius 3 is 2.72 bits per heavy atom. The molecule has 0 radical (unpaired) electrons. The van der Waals surface area contributed by atoms with Crippen LogP contribution in [0.15, 0.2) is 29.5 Å². The third-order valence-electron chi connectivity index (χ3n) is 2.36. The van der Waals surface area contributed by atoms with Crippen molar-refractivity contribution in [1.82, 2.24) is 9.88 Å². The van der Waals surface area contributed by atoms with Crippen LogP contribution in [0.3, 0.4) is 0 Å². The molecule has 0 fully saturated rings. The van der Waals surface area contributed by atoms with Crippen LogP contribution in [-0.4, -0.2) is 42.1 Å². The first-order valence-corrected chi connectivity index (χ1v) is 5.85. The van der Waals surface area contributed by atoms with Crippen molar-refractivity contribution >= 4 is 29.9 Å². The monoisotopic (exact) mass is 364 g/mol. The first-order chi connectivity index (χ1) is 8.27. The molecule has 1 heterocycles. The van der Waals surface area contributed by atoms with E-state index in [0.29, 0.717) is 19.1 Å².